The Morgan fingerprint density at radius 1 is 1.16 bits per heavy atom. The molecule has 0 radical (unpaired) electrons. The first-order valence-corrected chi connectivity index (χ1v) is 8.63. The molecule has 1 unspecified atom stereocenters. The molecule has 0 bridgehead atoms. The standard InChI is InChI=1S/C18H23N3O4/c22-16-10-15(12-21(16)11-13-4-2-1-3-5-13)19-18(25)20-8-6-14(7-9-20)17(23)24/h1-5,14-15H,6-12H2,(H,19,25)(H,23,24). The fourth-order valence-electron chi connectivity index (χ4n) is 3.42. The normalized spacial score (nSPS) is 21.4. The molecule has 2 aliphatic heterocycles. The van der Waals surface area contributed by atoms with Crippen LogP contribution in [-0.2, 0) is 16.1 Å². The number of carboxylic acids is 1. The second kappa shape index (κ2) is 7.55. The van der Waals surface area contributed by atoms with E-state index in [1.165, 1.54) is 0 Å². The van der Waals surface area contributed by atoms with Crippen LogP contribution in [0, 0.1) is 5.92 Å². The van der Waals surface area contributed by atoms with Crippen LogP contribution >= 0.6 is 0 Å². The number of rotatable bonds is 4. The van der Waals surface area contributed by atoms with Crippen molar-refractivity contribution >= 4 is 17.9 Å². The summed E-state index contributed by atoms with van der Waals surface area (Å²) < 4.78 is 0. The molecule has 25 heavy (non-hydrogen) atoms. The van der Waals surface area contributed by atoms with E-state index in [4.69, 9.17) is 5.11 Å². The molecule has 1 aromatic rings. The fraction of sp³-hybridized carbons (Fsp3) is 0.500. The molecule has 2 saturated heterocycles. The Labute approximate surface area is 146 Å². The van der Waals surface area contributed by atoms with Gasteiger partial charge in [0.15, 0.2) is 0 Å². The number of benzene rings is 1. The van der Waals surface area contributed by atoms with Crippen molar-refractivity contribution in [1.82, 2.24) is 15.1 Å². The summed E-state index contributed by atoms with van der Waals surface area (Å²) in [4.78, 5) is 38.9. The van der Waals surface area contributed by atoms with Crippen LogP contribution in [0.1, 0.15) is 24.8 Å². The SMILES string of the molecule is O=C(O)C1CCN(C(=O)NC2CC(=O)N(Cc3ccccc3)C2)CC1. The van der Waals surface area contributed by atoms with Crippen molar-refractivity contribution in [1.29, 1.82) is 0 Å². The van der Waals surface area contributed by atoms with Crippen LogP contribution in [0.2, 0.25) is 0 Å². The van der Waals surface area contributed by atoms with Crippen LogP contribution in [0.4, 0.5) is 4.79 Å². The number of aliphatic carboxylic acids is 1. The van der Waals surface area contributed by atoms with Gasteiger partial charge < -0.3 is 20.2 Å². The van der Waals surface area contributed by atoms with Gasteiger partial charge in [-0.25, -0.2) is 4.79 Å². The molecule has 7 heteroatoms. The van der Waals surface area contributed by atoms with E-state index in [1.807, 2.05) is 30.3 Å². The lowest BCUT2D eigenvalue weighted by molar-refractivity contribution is -0.143. The molecule has 0 spiro atoms. The maximum absolute atomic E-state index is 12.3. The van der Waals surface area contributed by atoms with Crippen LogP contribution in [0.25, 0.3) is 0 Å². The van der Waals surface area contributed by atoms with Gasteiger partial charge in [-0.1, -0.05) is 30.3 Å². The lowest BCUT2D eigenvalue weighted by Crippen LogP contribution is -2.49. The summed E-state index contributed by atoms with van der Waals surface area (Å²) in [5, 5.41) is 11.9. The number of urea groups is 1. The minimum atomic E-state index is -0.794. The first kappa shape index (κ1) is 17.3. The molecule has 0 aromatic heterocycles. The van der Waals surface area contributed by atoms with Crippen molar-refractivity contribution in [3.63, 3.8) is 0 Å². The molecular formula is C18H23N3O4. The van der Waals surface area contributed by atoms with E-state index in [0.29, 0.717) is 45.4 Å². The predicted molar refractivity (Wildman–Crippen MR) is 90.7 cm³/mol. The minimum absolute atomic E-state index is 0.0405. The molecule has 2 N–H and O–H groups in total. The minimum Gasteiger partial charge on any atom is -0.481 e. The van der Waals surface area contributed by atoms with Gasteiger partial charge in [0.2, 0.25) is 5.91 Å². The largest absolute Gasteiger partial charge is 0.481 e. The van der Waals surface area contributed by atoms with E-state index < -0.39 is 5.97 Å². The quantitative estimate of drug-likeness (QED) is 0.860. The van der Waals surface area contributed by atoms with Gasteiger partial charge in [0, 0.05) is 32.6 Å². The highest BCUT2D eigenvalue weighted by atomic mass is 16.4. The van der Waals surface area contributed by atoms with Crippen molar-refractivity contribution in [3.8, 4) is 0 Å². The number of amides is 3. The van der Waals surface area contributed by atoms with E-state index >= 15 is 0 Å². The van der Waals surface area contributed by atoms with Crippen LogP contribution in [-0.4, -0.2) is 58.5 Å². The summed E-state index contributed by atoms with van der Waals surface area (Å²) in [6.45, 7) is 1.94. The van der Waals surface area contributed by atoms with Gasteiger partial charge in [0.1, 0.15) is 0 Å². The molecule has 1 atom stereocenters. The van der Waals surface area contributed by atoms with Crippen molar-refractivity contribution in [2.45, 2.75) is 31.8 Å². The van der Waals surface area contributed by atoms with E-state index in [0.717, 1.165) is 5.56 Å². The number of likely N-dealkylation sites (tertiary alicyclic amines) is 2. The van der Waals surface area contributed by atoms with Gasteiger partial charge in [0.25, 0.3) is 0 Å². The summed E-state index contributed by atoms with van der Waals surface area (Å²) in [5.41, 5.74) is 1.07. The number of nitrogens with one attached hydrogen (secondary N) is 1. The maximum atomic E-state index is 12.3. The average Bonchev–Trinajstić information content (AvgIpc) is 2.95. The van der Waals surface area contributed by atoms with Gasteiger partial charge in [-0.15, -0.1) is 0 Å². The molecule has 3 amide bonds. The fourth-order valence-corrected chi connectivity index (χ4v) is 3.42. The summed E-state index contributed by atoms with van der Waals surface area (Å²) in [5.74, 6) is -1.12. The van der Waals surface area contributed by atoms with Crippen molar-refractivity contribution in [2.75, 3.05) is 19.6 Å². The van der Waals surface area contributed by atoms with Crippen LogP contribution < -0.4 is 5.32 Å². The third-order valence-corrected chi connectivity index (χ3v) is 4.89. The Morgan fingerprint density at radius 3 is 2.48 bits per heavy atom. The second-order valence-corrected chi connectivity index (χ2v) is 6.71. The molecule has 2 fully saturated rings. The molecule has 3 rings (SSSR count). The second-order valence-electron chi connectivity index (χ2n) is 6.71. The smallest absolute Gasteiger partial charge is 0.317 e. The zero-order valence-electron chi connectivity index (χ0n) is 14.1. The van der Waals surface area contributed by atoms with Crippen molar-refractivity contribution in [2.24, 2.45) is 5.92 Å². The van der Waals surface area contributed by atoms with Crippen LogP contribution in [0.5, 0.6) is 0 Å². The summed E-state index contributed by atoms with van der Waals surface area (Å²) in [6.07, 6.45) is 1.27. The third kappa shape index (κ3) is 4.29. The molecule has 134 valence electrons. The molecule has 2 heterocycles. The average molecular weight is 345 g/mol. The highest BCUT2D eigenvalue weighted by Gasteiger charge is 2.33. The van der Waals surface area contributed by atoms with Gasteiger partial charge in [0.05, 0.1) is 12.0 Å². The topological polar surface area (TPSA) is 90.0 Å². The Bertz CT molecular complexity index is 641. The van der Waals surface area contributed by atoms with Crippen molar-refractivity contribution in [3.05, 3.63) is 35.9 Å². The summed E-state index contributed by atoms with van der Waals surface area (Å²) in [7, 11) is 0. The van der Waals surface area contributed by atoms with Crippen LogP contribution in [0.15, 0.2) is 30.3 Å². The third-order valence-electron chi connectivity index (χ3n) is 4.89. The van der Waals surface area contributed by atoms with Gasteiger partial charge in [-0.2, -0.15) is 0 Å². The Balaban J connectivity index is 1.48. The highest BCUT2D eigenvalue weighted by Crippen LogP contribution is 2.19. The van der Waals surface area contributed by atoms with E-state index in [9.17, 15) is 14.4 Å². The van der Waals surface area contributed by atoms with Gasteiger partial charge >= 0.3 is 12.0 Å². The van der Waals surface area contributed by atoms with E-state index in [-0.39, 0.29) is 23.9 Å². The van der Waals surface area contributed by atoms with Gasteiger partial charge in [-0.05, 0) is 18.4 Å². The Morgan fingerprint density at radius 2 is 1.84 bits per heavy atom. The molecule has 0 saturated carbocycles. The number of carboxylic acid groups (broad SMARTS) is 1. The molecular weight excluding hydrogens is 322 g/mol. The number of piperidine rings is 1. The monoisotopic (exact) mass is 345 g/mol. The lowest BCUT2D eigenvalue weighted by atomic mass is 9.97. The number of nitrogens with zero attached hydrogens (tertiary/aromatic N) is 2. The van der Waals surface area contributed by atoms with Crippen molar-refractivity contribution < 1.29 is 19.5 Å². The summed E-state index contributed by atoms with van der Waals surface area (Å²) in [6, 6.07) is 9.37. The Hall–Kier alpha value is -2.57. The first-order chi connectivity index (χ1) is 12.0. The van der Waals surface area contributed by atoms with Crippen LogP contribution in [0.3, 0.4) is 0 Å². The lowest BCUT2D eigenvalue weighted by Gasteiger charge is -2.31. The maximum Gasteiger partial charge on any atom is 0.317 e. The number of hydrogen-bond acceptors (Lipinski definition) is 3. The molecule has 7 nitrogen and oxygen atoms in total. The Kier molecular flexibility index (Phi) is 5.21. The summed E-state index contributed by atoms with van der Waals surface area (Å²) >= 11 is 0. The number of carbonyl (C=O) groups is 3. The van der Waals surface area contributed by atoms with E-state index in [1.54, 1.807) is 9.80 Å². The molecule has 2 aliphatic rings. The predicted octanol–water partition coefficient (Wildman–Crippen LogP) is 1.29. The van der Waals surface area contributed by atoms with E-state index in [2.05, 4.69) is 5.32 Å². The highest BCUT2D eigenvalue weighted by molar-refractivity contribution is 5.82. The molecule has 1 aromatic carbocycles. The molecule has 0 aliphatic carbocycles. The van der Waals surface area contributed by atoms with Gasteiger partial charge in [-0.3, -0.25) is 9.59 Å². The zero-order chi connectivity index (χ0) is 17.8. The number of carbonyl (C=O) groups excluding carboxylic acids is 2. The zero-order valence-corrected chi connectivity index (χ0v) is 14.1. The number of hydrogen-bond donors (Lipinski definition) is 2. The first-order valence-electron chi connectivity index (χ1n) is 8.63.